The SMILES string of the molecule is O=C(/C=C/c1cn(-c2ccccc2)nc1-c1cccs1)OCC(=O)c1ccc(Cl)cc1Cl. The van der Waals surface area contributed by atoms with Crippen LogP contribution in [0.25, 0.3) is 22.3 Å². The van der Waals surface area contributed by atoms with E-state index < -0.39 is 18.4 Å². The highest BCUT2D eigenvalue weighted by molar-refractivity contribution is 7.13. The molecule has 4 aromatic rings. The second-order valence-corrected chi connectivity index (χ2v) is 8.47. The van der Waals surface area contributed by atoms with Crippen LogP contribution in [0.15, 0.2) is 78.3 Å². The van der Waals surface area contributed by atoms with Crippen LogP contribution in [-0.2, 0) is 9.53 Å². The predicted molar refractivity (Wildman–Crippen MR) is 128 cm³/mol. The summed E-state index contributed by atoms with van der Waals surface area (Å²) >= 11 is 13.4. The number of esters is 1. The van der Waals surface area contributed by atoms with Crippen molar-refractivity contribution in [3.05, 3.63) is 99.5 Å². The highest BCUT2D eigenvalue weighted by Crippen LogP contribution is 2.28. The van der Waals surface area contributed by atoms with Crippen LogP contribution in [0.2, 0.25) is 10.0 Å². The molecule has 160 valence electrons. The Hall–Kier alpha value is -3.19. The molecule has 2 aromatic heterocycles. The Morgan fingerprint density at radius 3 is 2.59 bits per heavy atom. The molecular weight excluding hydrogens is 467 g/mol. The van der Waals surface area contributed by atoms with Crippen molar-refractivity contribution >= 4 is 52.4 Å². The van der Waals surface area contributed by atoms with Crippen LogP contribution in [-0.4, -0.2) is 28.1 Å². The number of aromatic nitrogens is 2. The van der Waals surface area contributed by atoms with Gasteiger partial charge in [-0.2, -0.15) is 5.10 Å². The summed E-state index contributed by atoms with van der Waals surface area (Å²) in [5.74, 6) is -1.06. The first kappa shape index (κ1) is 22.0. The Labute approximate surface area is 198 Å². The minimum atomic E-state index is -0.645. The third kappa shape index (κ3) is 5.16. The molecule has 0 atom stereocenters. The monoisotopic (exact) mass is 482 g/mol. The van der Waals surface area contributed by atoms with Gasteiger partial charge in [0.1, 0.15) is 5.69 Å². The Morgan fingerprint density at radius 1 is 1.06 bits per heavy atom. The van der Waals surface area contributed by atoms with E-state index in [1.54, 1.807) is 28.2 Å². The van der Waals surface area contributed by atoms with Gasteiger partial charge in [-0.15, -0.1) is 11.3 Å². The number of halogens is 2. The van der Waals surface area contributed by atoms with E-state index >= 15 is 0 Å². The fraction of sp³-hybridized carbons (Fsp3) is 0.0417. The number of para-hydroxylation sites is 1. The highest BCUT2D eigenvalue weighted by Gasteiger charge is 2.14. The highest BCUT2D eigenvalue weighted by atomic mass is 35.5. The first-order chi connectivity index (χ1) is 15.5. The predicted octanol–water partition coefficient (Wildman–Crippen LogP) is 6.35. The molecule has 0 saturated carbocycles. The first-order valence-corrected chi connectivity index (χ1v) is 11.2. The van der Waals surface area contributed by atoms with Gasteiger partial charge in [-0.05, 0) is 47.9 Å². The van der Waals surface area contributed by atoms with Crippen molar-refractivity contribution in [3.63, 3.8) is 0 Å². The van der Waals surface area contributed by atoms with Crippen LogP contribution in [0.3, 0.4) is 0 Å². The third-order valence-corrected chi connectivity index (χ3v) is 5.92. The molecule has 8 heteroatoms. The van der Waals surface area contributed by atoms with E-state index in [9.17, 15) is 9.59 Å². The molecule has 0 N–H and O–H groups in total. The van der Waals surface area contributed by atoms with E-state index in [1.807, 2.05) is 54.0 Å². The molecule has 2 heterocycles. The lowest BCUT2D eigenvalue weighted by Gasteiger charge is -2.04. The quantitative estimate of drug-likeness (QED) is 0.175. The zero-order valence-electron chi connectivity index (χ0n) is 16.6. The van der Waals surface area contributed by atoms with E-state index in [-0.39, 0.29) is 10.6 Å². The Bertz CT molecular complexity index is 1280. The van der Waals surface area contributed by atoms with E-state index in [0.29, 0.717) is 5.02 Å². The van der Waals surface area contributed by atoms with Crippen LogP contribution in [0, 0.1) is 0 Å². The Balaban J connectivity index is 1.49. The smallest absolute Gasteiger partial charge is 0.331 e. The van der Waals surface area contributed by atoms with Crippen molar-refractivity contribution in [1.29, 1.82) is 0 Å². The molecule has 0 spiro atoms. The first-order valence-electron chi connectivity index (χ1n) is 9.53. The van der Waals surface area contributed by atoms with E-state index in [1.165, 1.54) is 18.2 Å². The van der Waals surface area contributed by atoms with Gasteiger partial charge in [0.05, 0.1) is 15.6 Å². The lowest BCUT2D eigenvalue weighted by molar-refractivity contribution is -0.136. The number of hydrogen-bond acceptors (Lipinski definition) is 5. The maximum Gasteiger partial charge on any atom is 0.331 e. The van der Waals surface area contributed by atoms with Crippen molar-refractivity contribution in [3.8, 4) is 16.3 Å². The summed E-state index contributed by atoms with van der Waals surface area (Å²) in [4.78, 5) is 25.5. The number of nitrogens with zero attached hydrogens (tertiary/aromatic N) is 2. The average molecular weight is 483 g/mol. The number of ketones is 1. The Morgan fingerprint density at radius 2 is 1.88 bits per heavy atom. The molecule has 0 radical (unpaired) electrons. The fourth-order valence-corrected chi connectivity index (χ4v) is 4.21. The van der Waals surface area contributed by atoms with E-state index in [2.05, 4.69) is 5.10 Å². The summed E-state index contributed by atoms with van der Waals surface area (Å²) in [6.07, 6.45) is 4.75. The summed E-state index contributed by atoms with van der Waals surface area (Å²) in [7, 11) is 0. The molecule has 0 aliphatic carbocycles. The van der Waals surface area contributed by atoms with Gasteiger partial charge in [0.2, 0.25) is 5.78 Å². The molecule has 0 fully saturated rings. The average Bonchev–Trinajstić information content (AvgIpc) is 3.46. The standard InChI is InChI=1S/C24H16Cl2N2O3S/c25-17-9-10-19(20(26)13-17)21(29)15-31-23(30)11-8-16-14-28(18-5-2-1-3-6-18)27-24(16)22-7-4-12-32-22/h1-14H,15H2/b11-8+. The minimum Gasteiger partial charge on any atom is -0.454 e. The molecule has 2 aromatic carbocycles. The third-order valence-electron chi connectivity index (χ3n) is 4.49. The zero-order chi connectivity index (χ0) is 22.5. The number of carbonyl (C=O) groups excluding carboxylic acids is 2. The van der Waals surface area contributed by atoms with Crippen molar-refractivity contribution < 1.29 is 14.3 Å². The summed E-state index contributed by atoms with van der Waals surface area (Å²) < 4.78 is 6.85. The number of hydrogen-bond donors (Lipinski definition) is 0. The molecule has 4 rings (SSSR count). The zero-order valence-corrected chi connectivity index (χ0v) is 18.9. The second kappa shape index (κ2) is 9.96. The molecule has 0 saturated heterocycles. The van der Waals surface area contributed by atoms with Crippen LogP contribution in [0.4, 0.5) is 0 Å². The Kier molecular flexibility index (Phi) is 6.85. The van der Waals surface area contributed by atoms with Crippen LogP contribution < -0.4 is 0 Å². The molecule has 0 amide bonds. The van der Waals surface area contributed by atoms with Gasteiger partial charge in [-0.1, -0.05) is 47.5 Å². The van der Waals surface area contributed by atoms with Gasteiger partial charge in [-0.3, -0.25) is 4.79 Å². The van der Waals surface area contributed by atoms with Gasteiger partial charge in [0, 0.05) is 28.4 Å². The van der Waals surface area contributed by atoms with Gasteiger partial charge in [-0.25, -0.2) is 9.48 Å². The van der Waals surface area contributed by atoms with Gasteiger partial charge >= 0.3 is 5.97 Å². The summed E-state index contributed by atoms with van der Waals surface area (Å²) in [6, 6.07) is 18.1. The van der Waals surface area contributed by atoms with Crippen LogP contribution in [0.1, 0.15) is 15.9 Å². The van der Waals surface area contributed by atoms with Gasteiger partial charge in [0.25, 0.3) is 0 Å². The van der Waals surface area contributed by atoms with Gasteiger partial charge in [0.15, 0.2) is 6.61 Å². The lowest BCUT2D eigenvalue weighted by atomic mass is 10.1. The van der Waals surface area contributed by atoms with Crippen molar-refractivity contribution in [1.82, 2.24) is 9.78 Å². The van der Waals surface area contributed by atoms with Crippen molar-refractivity contribution in [2.24, 2.45) is 0 Å². The van der Waals surface area contributed by atoms with Crippen LogP contribution in [0.5, 0.6) is 0 Å². The maximum atomic E-state index is 12.3. The molecule has 0 bridgehead atoms. The lowest BCUT2D eigenvalue weighted by Crippen LogP contribution is -2.13. The number of ether oxygens (including phenoxy) is 1. The van der Waals surface area contributed by atoms with Crippen LogP contribution >= 0.6 is 34.5 Å². The summed E-state index contributed by atoms with van der Waals surface area (Å²) in [5, 5.41) is 7.27. The minimum absolute atomic E-state index is 0.211. The van der Waals surface area contributed by atoms with E-state index in [0.717, 1.165) is 21.8 Å². The number of rotatable bonds is 7. The number of thiophene rings is 1. The topological polar surface area (TPSA) is 61.2 Å². The normalized spacial score (nSPS) is 11.1. The van der Waals surface area contributed by atoms with Crippen molar-refractivity contribution in [2.45, 2.75) is 0 Å². The number of benzene rings is 2. The molecule has 0 aliphatic rings. The van der Waals surface area contributed by atoms with E-state index in [4.69, 9.17) is 27.9 Å². The molecule has 5 nitrogen and oxygen atoms in total. The second-order valence-electron chi connectivity index (χ2n) is 6.68. The summed E-state index contributed by atoms with van der Waals surface area (Å²) in [5.41, 5.74) is 2.65. The maximum absolute atomic E-state index is 12.3. The number of carbonyl (C=O) groups is 2. The fourth-order valence-electron chi connectivity index (χ4n) is 2.96. The number of Topliss-reactive ketones (excluding diaryl/α,β-unsaturated/α-hetero) is 1. The largest absolute Gasteiger partial charge is 0.454 e. The van der Waals surface area contributed by atoms with Crippen molar-refractivity contribution in [2.75, 3.05) is 6.61 Å². The molecule has 0 unspecified atom stereocenters. The molecule has 32 heavy (non-hydrogen) atoms. The molecule has 0 aliphatic heterocycles. The summed E-state index contributed by atoms with van der Waals surface area (Å²) in [6.45, 7) is -0.425. The molecular formula is C24H16Cl2N2O3S. The van der Waals surface area contributed by atoms with Gasteiger partial charge < -0.3 is 4.74 Å².